The maximum absolute atomic E-state index is 12.5. The molecule has 1 heterocycles. The van der Waals surface area contributed by atoms with Gasteiger partial charge < -0.3 is 15.2 Å². The monoisotopic (exact) mass is 287 g/mol. The molecule has 0 aliphatic heterocycles. The molecule has 0 saturated heterocycles. The van der Waals surface area contributed by atoms with Crippen molar-refractivity contribution < 1.29 is 9.59 Å². The van der Waals surface area contributed by atoms with Gasteiger partial charge in [0.05, 0.1) is 17.6 Å². The average Bonchev–Trinajstić information content (AvgIpc) is 2.83. The van der Waals surface area contributed by atoms with E-state index in [1.54, 1.807) is 19.3 Å². The maximum Gasteiger partial charge on any atom is 0.256 e. The number of hydrogen-bond donors (Lipinski definition) is 2. The summed E-state index contributed by atoms with van der Waals surface area (Å²) in [4.78, 5) is 28.9. The standard InChI is InChI=1S/C16H21N3O2/c1-16(2,3)18-13(20)10-19(4)15(21)12-7-5-6-11-8-9-17-14(11)12/h5-9,17H,10H2,1-4H3,(H,18,20). The van der Waals surface area contributed by atoms with Gasteiger partial charge in [0.15, 0.2) is 0 Å². The molecule has 0 aliphatic carbocycles. The topological polar surface area (TPSA) is 65.2 Å². The van der Waals surface area contributed by atoms with Gasteiger partial charge >= 0.3 is 0 Å². The first kappa shape index (κ1) is 15.1. The largest absolute Gasteiger partial charge is 0.361 e. The Hall–Kier alpha value is -2.30. The quantitative estimate of drug-likeness (QED) is 0.908. The van der Waals surface area contributed by atoms with Crippen molar-refractivity contribution in [2.75, 3.05) is 13.6 Å². The lowest BCUT2D eigenvalue weighted by Crippen LogP contribution is -2.46. The number of carbonyl (C=O) groups excluding carboxylic acids is 2. The third-order valence-corrected chi connectivity index (χ3v) is 3.06. The third kappa shape index (κ3) is 3.62. The van der Waals surface area contributed by atoms with Crippen LogP contribution in [0.2, 0.25) is 0 Å². The minimum absolute atomic E-state index is 0.0349. The zero-order chi connectivity index (χ0) is 15.6. The van der Waals surface area contributed by atoms with Crippen LogP contribution in [0.4, 0.5) is 0 Å². The molecular formula is C16H21N3O2. The van der Waals surface area contributed by atoms with Crippen LogP contribution in [0.5, 0.6) is 0 Å². The molecule has 1 aromatic carbocycles. The summed E-state index contributed by atoms with van der Waals surface area (Å²) >= 11 is 0. The highest BCUT2D eigenvalue weighted by atomic mass is 16.2. The first-order valence-electron chi connectivity index (χ1n) is 6.90. The first-order chi connectivity index (χ1) is 9.78. The SMILES string of the molecule is CN(CC(=O)NC(C)(C)C)C(=O)c1cccc2cc[nH]c12. The number of carbonyl (C=O) groups is 2. The summed E-state index contributed by atoms with van der Waals surface area (Å²) in [5.41, 5.74) is 1.06. The van der Waals surface area contributed by atoms with Crippen LogP contribution in [-0.2, 0) is 4.79 Å². The Kier molecular flexibility index (Phi) is 4.02. The van der Waals surface area contributed by atoms with Crippen LogP contribution in [0.15, 0.2) is 30.5 Å². The Morgan fingerprint density at radius 2 is 1.95 bits per heavy atom. The lowest BCUT2D eigenvalue weighted by Gasteiger charge is -2.23. The summed E-state index contributed by atoms with van der Waals surface area (Å²) < 4.78 is 0. The van der Waals surface area contributed by atoms with Gasteiger partial charge in [0.25, 0.3) is 5.91 Å². The van der Waals surface area contributed by atoms with Crippen molar-refractivity contribution in [2.24, 2.45) is 0 Å². The lowest BCUT2D eigenvalue weighted by molar-refractivity contribution is -0.122. The smallest absolute Gasteiger partial charge is 0.256 e. The van der Waals surface area contributed by atoms with Gasteiger partial charge in [-0.15, -0.1) is 0 Å². The fourth-order valence-electron chi connectivity index (χ4n) is 2.21. The molecule has 0 spiro atoms. The van der Waals surface area contributed by atoms with Crippen molar-refractivity contribution in [3.8, 4) is 0 Å². The Morgan fingerprint density at radius 3 is 2.62 bits per heavy atom. The van der Waals surface area contributed by atoms with E-state index in [9.17, 15) is 9.59 Å². The molecule has 5 heteroatoms. The number of H-pyrrole nitrogens is 1. The number of para-hydroxylation sites is 1. The predicted octanol–water partition coefficient (Wildman–Crippen LogP) is 2.15. The van der Waals surface area contributed by atoms with Crippen molar-refractivity contribution in [3.05, 3.63) is 36.0 Å². The summed E-state index contributed by atoms with van der Waals surface area (Å²) in [6, 6.07) is 7.46. The van der Waals surface area contributed by atoms with E-state index in [1.807, 2.05) is 39.0 Å². The molecule has 0 saturated carbocycles. The number of nitrogens with zero attached hydrogens (tertiary/aromatic N) is 1. The number of aromatic nitrogens is 1. The zero-order valence-electron chi connectivity index (χ0n) is 12.9. The molecular weight excluding hydrogens is 266 g/mol. The Morgan fingerprint density at radius 1 is 1.24 bits per heavy atom. The molecule has 0 aliphatic rings. The van der Waals surface area contributed by atoms with E-state index in [4.69, 9.17) is 0 Å². The maximum atomic E-state index is 12.5. The number of benzene rings is 1. The molecule has 112 valence electrons. The molecule has 2 rings (SSSR count). The van der Waals surface area contributed by atoms with Crippen molar-refractivity contribution in [1.82, 2.24) is 15.2 Å². The van der Waals surface area contributed by atoms with Crippen LogP contribution in [0.3, 0.4) is 0 Å². The van der Waals surface area contributed by atoms with Gasteiger partial charge in [-0.05, 0) is 32.9 Å². The highest BCUT2D eigenvalue weighted by Crippen LogP contribution is 2.18. The summed E-state index contributed by atoms with van der Waals surface area (Å²) in [5.74, 6) is -0.343. The number of nitrogens with one attached hydrogen (secondary N) is 2. The van der Waals surface area contributed by atoms with E-state index >= 15 is 0 Å². The minimum atomic E-state index is -0.305. The molecule has 0 fully saturated rings. The molecule has 0 unspecified atom stereocenters. The van der Waals surface area contributed by atoms with Crippen molar-refractivity contribution in [1.29, 1.82) is 0 Å². The van der Waals surface area contributed by atoms with E-state index in [2.05, 4.69) is 10.3 Å². The van der Waals surface area contributed by atoms with E-state index in [0.29, 0.717) is 5.56 Å². The Balaban J connectivity index is 2.13. The second-order valence-electron chi connectivity index (χ2n) is 6.21. The van der Waals surface area contributed by atoms with Crippen LogP contribution in [0.1, 0.15) is 31.1 Å². The molecule has 0 bridgehead atoms. The number of aromatic amines is 1. The normalized spacial score (nSPS) is 11.4. The van der Waals surface area contributed by atoms with Gasteiger partial charge in [0.2, 0.25) is 5.91 Å². The molecule has 2 aromatic rings. The Labute approximate surface area is 124 Å². The summed E-state index contributed by atoms with van der Waals surface area (Å²) in [5, 5.41) is 3.83. The van der Waals surface area contributed by atoms with Crippen LogP contribution in [-0.4, -0.2) is 40.8 Å². The zero-order valence-corrected chi connectivity index (χ0v) is 12.9. The molecule has 1 aromatic heterocycles. The van der Waals surface area contributed by atoms with Crippen LogP contribution < -0.4 is 5.32 Å². The Bertz CT molecular complexity index is 667. The van der Waals surface area contributed by atoms with E-state index in [0.717, 1.165) is 10.9 Å². The molecule has 2 N–H and O–H groups in total. The predicted molar refractivity (Wildman–Crippen MR) is 83.2 cm³/mol. The number of hydrogen-bond acceptors (Lipinski definition) is 2. The summed E-state index contributed by atoms with van der Waals surface area (Å²) in [6.07, 6.45) is 1.80. The number of rotatable bonds is 3. The van der Waals surface area contributed by atoms with Crippen molar-refractivity contribution in [3.63, 3.8) is 0 Å². The number of likely N-dealkylation sites (N-methyl/N-ethyl adjacent to an activating group) is 1. The average molecular weight is 287 g/mol. The van der Waals surface area contributed by atoms with Gasteiger partial charge in [0.1, 0.15) is 0 Å². The van der Waals surface area contributed by atoms with Gasteiger partial charge in [-0.1, -0.05) is 12.1 Å². The first-order valence-corrected chi connectivity index (χ1v) is 6.90. The fraction of sp³-hybridized carbons (Fsp3) is 0.375. The van der Waals surface area contributed by atoms with Gasteiger partial charge in [-0.3, -0.25) is 9.59 Å². The third-order valence-electron chi connectivity index (χ3n) is 3.06. The number of amides is 2. The van der Waals surface area contributed by atoms with Gasteiger partial charge in [0, 0.05) is 24.2 Å². The van der Waals surface area contributed by atoms with E-state index < -0.39 is 0 Å². The van der Waals surface area contributed by atoms with Gasteiger partial charge in [-0.25, -0.2) is 0 Å². The summed E-state index contributed by atoms with van der Waals surface area (Å²) in [7, 11) is 1.63. The minimum Gasteiger partial charge on any atom is -0.361 e. The van der Waals surface area contributed by atoms with Crippen molar-refractivity contribution in [2.45, 2.75) is 26.3 Å². The molecule has 21 heavy (non-hydrogen) atoms. The van der Waals surface area contributed by atoms with E-state index in [-0.39, 0.29) is 23.9 Å². The van der Waals surface area contributed by atoms with Gasteiger partial charge in [-0.2, -0.15) is 0 Å². The van der Waals surface area contributed by atoms with Crippen LogP contribution in [0, 0.1) is 0 Å². The molecule has 0 atom stereocenters. The van der Waals surface area contributed by atoms with Crippen LogP contribution >= 0.6 is 0 Å². The van der Waals surface area contributed by atoms with Crippen molar-refractivity contribution >= 4 is 22.7 Å². The molecule has 5 nitrogen and oxygen atoms in total. The second-order valence-corrected chi connectivity index (χ2v) is 6.21. The second kappa shape index (κ2) is 5.60. The molecule has 0 radical (unpaired) electrons. The van der Waals surface area contributed by atoms with Crippen LogP contribution in [0.25, 0.3) is 10.9 Å². The van der Waals surface area contributed by atoms with E-state index in [1.165, 1.54) is 4.90 Å². The lowest BCUT2D eigenvalue weighted by atomic mass is 10.1. The highest BCUT2D eigenvalue weighted by Gasteiger charge is 2.20. The molecule has 2 amide bonds. The number of fused-ring (bicyclic) bond motifs is 1. The fourth-order valence-corrected chi connectivity index (χ4v) is 2.21. The summed E-state index contributed by atoms with van der Waals surface area (Å²) in [6.45, 7) is 5.76. The highest BCUT2D eigenvalue weighted by molar-refractivity contribution is 6.06.